The molecule has 0 spiro atoms. The van der Waals surface area contributed by atoms with Gasteiger partial charge in [-0.2, -0.15) is 4.90 Å². The summed E-state index contributed by atoms with van der Waals surface area (Å²) in [6, 6.07) is 15.8. The summed E-state index contributed by atoms with van der Waals surface area (Å²) in [6.07, 6.45) is 1.14. The summed E-state index contributed by atoms with van der Waals surface area (Å²) in [5.41, 5.74) is 0.777. The lowest BCUT2D eigenvalue weighted by Gasteiger charge is -2.28. The zero-order valence-electron chi connectivity index (χ0n) is 14.0. The van der Waals surface area contributed by atoms with Crippen LogP contribution in [0.2, 0.25) is 0 Å². The molecule has 2 heterocycles. The van der Waals surface area contributed by atoms with E-state index in [2.05, 4.69) is 25.4 Å². The zero-order chi connectivity index (χ0) is 17.4. The molecule has 2 aromatic rings. The first-order valence-electron chi connectivity index (χ1n) is 8.29. The van der Waals surface area contributed by atoms with Crippen LogP contribution in [0.15, 0.2) is 53.0 Å². The van der Waals surface area contributed by atoms with E-state index in [1.807, 2.05) is 60.3 Å². The van der Waals surface area contributed by atoms with E-state index in [1.54, 1.807) is 7.11 Å². The number of anilines is 1. The quantitative estimate of drug-likeness (QED) is 0.770. The monoisotopic (exact) mass is 419 g/mol. The van der Waals surface area contributed by atoms with E-state index in [0.29, 0.717) is 6.54 Å². The van der Waals surface area contributed by atoms with Crippen molar-refractivity contribution in [3.05, 3.63) is 58.6 Å². The molecular weight excluding hydrogens is 400 g/mol. The van der Waals surface area contributed by atoms with Gasteiger partial charge in [-0.3, -0.25) is 0 Å². The van der Waals surface area contributed by atoms with Crippen LogP contribution in [0.25, 0.3) is 0 Å². The van der Waals surface area contributed by atoms with Gasteiger partial charge in [-0.1, -0.05) is 15.9 Å². The number of aliphatic hydroxyl groups is 1. The van der Waals surface area contributed by atoms with Crippen molar-refractivity contribution >= 4 is 38.5 Å². The molecular formula is C19H20BrN2O2S+. The number of hydrogen-bond donors (Lipinski definition) is 1. The van der Waals surface area contributed by atoms with E-state index in [4.69, 9.17) is 4.74 Å². The van der Waals surface area contributed by atoms with E-state index < -0.39 is 5.72 Å². The van der Waals surface area contributed by atoms with Gasteiger partial charge in [0.05, 0.1) is 13.7 Å². The number of ether oxygens (including phenoxy) is 1. The Morgan fingerprint density at radius 1 is 1.16 bits per heavy atom. The largest absolute Gasteiger partial charge is 0.497 e. The smallest absolute Gasteiger partial charge is 0.316 e. The average molecular weight is 420 g/mol. The molecule has 130 valence electrons. The van der Waals surface area contributed by atoms with Crippen molar-refractivity contribution in [3.8, 4) is 5.75 Å². The number of benzene rings is 2. The molecule has 25 heavy (non-hydrogen) atoms. The van der Waals surface area contributed by atoms with Gasteiger partial charge in [0.2, 0.25) is 0 Å². The summed E-state index contributed by atoms with van der Waals surface area (Å²) in [4.78, 5) is 2.07. The Kier molecular flexibility index (Phi) is 4.52. The summed E-state index contributed by atoms with van der Waals surface area (Å²) < 4.78 is 8.59. The van der Waals surface area contributed by atoms with Crippen molar-refractivity contribution in [3.63, 3.8) is 0 Å². The van der Waals surface area contributed by atoms with Crippen LogP contribution in [0.5, 0.6) is 5.75 Å². The normalized spacial score (nSPS) is 22.9. The molecule has 4 nitrogen and oxygen atoms in total. The van der Waals surface area contributed by atoms with Gasteiger partial charge in [0.25, 0.3) is 5.72 Å². The van der Waals surface area contributed by atoms with Gasteiger partial charge in [-0.15, -0.1) is 0 Å². The van der Waals surface area contributed by atoms with Crippen molar-refractivity contribution in [2.45, 2.75) is 12.1 Å². The van der Waals surface area contributed by atoms with Crippen LogP contribution in [0.1, 0.15) is 12.0 Å². The summed E-state index contributed by atoms with van der Waals surface area (Å²) in [5, 5.41) is 12.9. The average Bonchev–Trinajstić information content (AvgIpc) is 2.96. The highest BCUT2D eigenvalue weighted by molar-refractivity contribution is 9.10. The number of thioether (sulfide) groups is 1. The van der Waals surface area contributed by atoms with Gasteiger partial charge < -0.3 is 9.84 Å². The predicted molar refractivity (Wildman–Crippen MR) is 106 cm³/mol. The van der Waals surface area contributed by atoms with Crippen LogP contribution in [0.4, 0.5) is 5.69 Å². The van der Waals surface area contributed by atoms with Gasteiger partial charge in [-0.25, -0.2) is 4.58 Å². The molecule has 2 aliphatic rings. The van der Waals surface area contributed by atoms with Gasteiger partial charge in [0.1, 0.15) is 11.4 Å². The Morgan fingerprint density at radius 3 is 2.56 bits per heavy atom. The van der Waals surface area contributed by atoms with E-state index in [0.717, 1.165) is 45.4 Å². The third kappa shape index (κ3) is 2.96. The zero-order valence-corrected chi connectivity index (χ0v) is 16.4. The topological polar surface area (TPSA) is 35.7 Å². The van der Waals surface area contributed by atoms with E-state index in [1.165, 1.54) is 0 Å². The fourth-order valence-corrected chi connectivity index (χ4v) is 4.89. The Morgan fingerprint density at radius 2 is 1.88 bits per heavy atom. The third-order valence-electron chi connectivity index (χ3n) is 4.68. The number of nitrogens with zero attached hydrogens (tertiary/aromatic N) is 2. The molecule has 0 unspecified atom stereocenters. The van der Waals surface area contributed by atoms with Gasteiger partial charge in [0.15, 0.2) is 6.54 Å². The summed E-state index contributed by atoms with van der Waals surface area (Å²) in [6.45, 7) is 1.55. The highest BCUT2D eigenvalue weighted by Gasteiger charge is 2.55. The molecule has 1 atom stereocenters. The van der Waals surface area contributed by atoms with Crippen molar-refractivity contribution in [1.29, 1.82) is 0 Å². The number of hydrogen-bond acceptors (Lipinski definition) is 4. The Balaban J connectivity index is 1.80. The molecule has 0 radical (unpaired) electrons. The maximum absolute atomic E-state index is 11.7. The maximum atomic E-state index is 11.7. The van der Waals surface area contributed by atoms with Crippen LogP contribution < -0.4 is 9.64 Å². The molecule has 0 amide bonds. The van der Waals surface area contributed by atoms with E-state index >= 15 is 0 Å². The second-order valence-corrected chi connectivity index (χ2v) is 8.24. The Hall–Kier alpha value is -1.50. The van der Waals surface area contributed by atoms with Crippen LogP contribution >= 0.6 is 27.7 Å². The van der Waals surface area contributed by atoms with E-state index in [9.17, 15) is 5.11 Å². The molecule has 0 bridgehead atoms. The lowest BCUT2D eigenvalue weighted by Crippen LogP contribution is -2.46. The molecule has 0 aromatic heterocycles. The minimum atomic E-state index is -1.09. The second kappa shape index (κ2) is 6.67. The summed E-state index contributed by atoms with van der Waals surface area (Å²) in [7, 11) is 1.65. The van der Waals surface area contributed by atoms with Crippen molar-refractivity contribution < 1.29 is 14.4 Å². The van der Waals surface area contributed by atoms with Gasteiger partial charge >= 0.3 is 5.17 Å². The summed E-state index contributed by atoms with van der Waals surface area (Å²) in [5.74, 6) is 1.87. The first-order chi connectivity index (χ1) is 12.1. The standard InChI is InChI=1S/C19H20BrN2O2S/c1-24-17-9-3-14(4-10-17)19(23)13-21-11-2-12-25-18(21)22(19)16-7-5-15(20)6-8-16/h3-10,23H,2,11-13H2,1H3/q+1/t19-/m1/s1. The highest BCUT2D eigenvalue weighted by Crippen LogP contribution is 2.40. The van der Waals surface area contributed by atoms with Crippen LogP contribution in [0, 0.1) is 0 Å². The Labute approximate surface area is 160 Å². The fraction of sp³-hybridized carbons (Fsp3) is 0.316. The molecule has 2 aliphatic heterocycles. The lowest BCUT2D eigenvalue weighted by molar-refractivity contribution is -0.532. The Bertz CT molecular complexity index is 807. The molecule has 4 rings (SSSR count). The molecule has 0 fully saturated rings. The first-order valence-corrected chi connectivity index (χ1v) is 10.1. The van der Waals surface area contributed by atoms with Crippen molar-refractivity contribution in [1.82, 2.24) is 0 Å². The predicted octanol–water partition coefficient (Wildman–Crippen LogP) is 3.63. The molecule has 6 heteroatoms. The van der Waals surface area contributed by atoms with Crippen LogP contribution in [0.3, 0.4) is 0 Å². The fourth-order valence-electron chi connectivity index (χ4n) is 3.45. The molecule has 1 N–H and O–H groups in total. The molecule has 0 saturated heterocycles. The molecule has 0 saturated carbocycles. The lowest BCUT2D eigenvalue weighted by atomic mass is 10.0. The van der Waals surface area contributed by atoms with E-state index in [-0.39, 0.29) is 0 Å². The second-order valence-electron chi connectivity index (χ2n) is 6.26. The number of rotatable bonds is 3. The minimum absolute atomic E-state index is 0.567. The third-order valence-corrected chi connectivity index (χ3v) is 6.40. The van der Waals surface area contributed by atoms with Gasteiger partial charge in [-0.05, 0) is 66.7 Å². The number of amidine groups is 1. The van der Waals surface area contributed by atoms with Gasteiger partial charge in [0, 0.05) is 15.8 Å². The summed E-state index contributed by atoms with van der Waals surface area (Å²) >= 11 is 5.31. The number of halogens is 1. The maximum Gasteiger partial charge on any atom is 0.316 e. The van der Waals surface area contributed by atoms with Crippen LogP contribution in [-0.2, 0) is 5.72 Å². The first kappa shape index (κ1) is 16.9. The molecule has 0 aliphatic carbocycles. The molecule has 2 aromatic carbocycles. The van der Waals surface area contributed by atoms with Crippen LogP contribution in [-0.4, -0.2) is 40.8 Å². The van der Waals surface area contributed by atoms with Crippen molar-refractivity contribution in [2.24, 2.45) is 0 Å². The number of methoxy groups -OCH3 is 1. The SMILES string of the molecule is COc1ccc([C@]2(O)C[N+]3=C(SCCC3)N2c2ccc(Br)cc2)cc1. The minimum Gasteiger partial charge on any atom is -0.497 e. The van der Waals surface area contributed by atoms with Crippen molar-refractivity contribution in [2.75, 3.05) is 30.9 Å². The highest BCUT2D eigenvalue weighted by atomic mass is 79.9.